The highest BCUT2D eigenvalue weighted by Gasteiger charge is 2.30. The minimum atomic E-state index is -3.52. The maximum atomic E-state index is 12.9. The molecule has 1 heterocycles. The number of hydrogen-bond donors (Lipinski definition) is 1. The van der Waals surface area contributed by atoms with Crippen molar-refractivity contribution >= 4 is 22.4 Å². The van der Waals surface area contributed by atoms with E-state index >= 15 is 0 Å². The van der Waals surface area contributed by atoms with Crippen LogP contribution in [-0.2, 0) is 10.0 Å². The molecule has 1 aromatic rings. The van der Waals surface area contributed by atoms with Gasteiger partial charge in [-0.05, 0) is 45.9 Å². The summed E-state index contributed by atoms with van der Waals surface area (Å²) in [6.07, 6.45) is 1.86. The minimum absolute atomic E-state index is 0. The normalized spacial score (nSPS) is 18.7. The average molecular weight is 379 g/mol. The Morgan fingerprint density at radius 1 is 1.21 bits per heavy atom. The Morgan fingerprint density at radius 2 is 1.88 bits per heavy atom. The number of halogens is 1. The van der Waals surface area contributed by atoms with Gasteiger partial charge in [-0.15, -0.1) is 12.4 Å². The van der Waals surface area contributed by atoms with Gasteiger partial charge in [-0.1, -0.05) is 0 Å². The van der Waals surface area contributed by atoms with Crippen molar-refractivity contribution in [2.45, 2.75) is 37.6 Å². The fourth-order valence-electron chi connectivity index (χ4n) is 2.74. The van der Waals surface area contributed by atoms with Crippen molar-refractivity contribution in [1.29, 1.82) is 0 Å². The molecule has 2 rings (SSSR count). The van der Waals surface area contributed by atoms with Gasteiger partial charge >= 0.3 is 0 Å². The quantitative estimate of drug-likeness (QED) is 0.788. The topological polar surface area (TPSA) is 67.9 Å². The second-order valence-electron chi connectivity index (χ2n) is 5.47. The number of likely N-dealkylation sites (N-methyl/N-ethyl adjacent to an activating group) is 1. The average Bonchev–Trinajstić information content (AvgIpc) is 2.57. The number of rotatable bonds is 7. The first-order chi connectivity index (χ1) is 11.0. The van der Waals surface area contributed by atoms with Crippen LogP contribution in [0.3, 0.4) is 0 Å². The smallest absolute Gasteiger partial charge is 0.243 e. The molecule has 1 unspecified atom stereocenters. The summed E-state index contributed by atoms with van der Waals surface area (Å²) in [5.74, 6) is 1.04. The van der Waals surface area contributed by atoms with Crippen LogP contribution in [0.25, 0.3) is 0 Å². The van der Waals surface area contributed by atoms with Gasteiger partial charge in [0.25, 0.3) is 0 Å². The number of hydrogen-bond acceptors (Lipinski definition) is 5. The zero-order valence-electron chi connectivity index (χ0n) is 14.4. The molecule has 1 fully saturated rings. The number of ether oxygens (including phenoxy) is 2. The van der Waals surface area contributed by atoms with E-state index in [1.807, 2.05) is 20.9 Å². The Labute approximate surface area is 151 Å². The van der Waals surface area contributed by atoms with Crippen molar-refractivity contribution in [3.63, 3.8) is 0 Å². The Morgan fingerprint density at radius 3 is 2.50 bits per heavy atom. The Bertz CT molecular complexity index is 625. The molecule has 138 valence electrons. The third-order valence-corrected chi connectivity index (χ3v) is 5.81. The summed E-state index contributed by atoms with van der Waals surface area (Å²) in [6, 6.07) is 5.02. The number of benzene rings is 1. The van der Waals surface area contributed by atoms with E-state index < -0.39 is 10.0 Å². The summed E-state index contributed by atoms with van der Waals surface area (Å²) in [6.45, 7) is 5.75. The first kappa shape index (κ1) is 21.0. The minimum Gasteiger partial charge on any atom is -0.490 e. The molecule has 1 aliphatic heterocycles. The molecule has 6 nitrogen and oxygen atoms in total. The van der Waals surface area contributed by atoms with Crippen molar-refractivity contribution in [3.8, 4) is 11.5 Å². The van der Waals surface area contributed by atoms with Gasteiger partial charge in [-0.3, -0.25) is 0 Å². The lowest BCUT2D eigenvalue weighted by Gasteiger charge is -2.31. The fraction of sp³-hybridized carbons (Fsp3) is 0.625. The Kier molecular flexibility index (Phi) is 8.29. The van der Waals surface area contributed by atoms with Crippen LogP contribution in [0.5, 0.6) is 11.5 Å². The van der Waals surface area contributed by atoms with Gasteiger partial charge in [0.15, 0.2) is 11.5 Å². The highest BCUT2D eigenvalue weighted by molar-refractivity contribution is 7.89. The summed E-state index contributed by atoms with van der Waals surface area (Å²) in [5.41, 5.74) is 0. The van der Waals surface area contributed by atoms with Crippen LogP contribution in [-0.4, -0.2) is 52.1 Å². The first-order valence-corrected chi connectivity index (χ1v) is 9.54. The zero-order valence-corrected chi connectivity index (χ0v) is 16.1. The molecule has 1 N–H and O–H groups in total. The molecular weight excluding hydrogens is 352 g/mol. The molecule has 8 heteroatoms. The summed E-state index contributed by atoms with van der Waals surface area (Å²) in [7, 11) is -1.65. The van der Waals surface area contributed by atoms with E-state index in [0.717, 1.165) is 12.8 Å². The van der Waals surface area contributed by atoms with E-state index in [0.29, 0.717) is 37.8 Å². The molecule has 0 aromatic heterocycles. The largest absolute Gasteiger partial charge is 0.490 e. The maximum Gasteiger partial charge on any atom is 0.243 e. The molecule has 1 aromatic carbocycles. The SMILES string of the molecule is CCOc1ccc(S(=O)(=O)N2CCCC(NC)C2)cc1OCC.Cl. The monoisotopic (exact) mass is 378 g/mol. The van der Waals surface area contributed by atoms with Crippen LogP contribution < -0.4 is 14.8 Å². The Balaban J connectivity index is 0.00000288. The fourth-order valence-corrected chi connectivity index (χ4v) is 4.28. The molecule has 0 radical (unpaired) electrons. The summed E-state index contributed by atoms with van der Waals surface area (Å²) < 4.78 is 38.3. The lowest BCUT2D eigenvalue weighted by molar-refractivity contribution is 0.285. The zero-order chi connectivity index (χ0) is 16.9. The molecular formula is C16H27ClN2O4S. The molecule has 0 saturated carbocycles. The van der Waals surface area contributed by atoms with Gasteiger partial charge < -0.3 is 14.8 Å². The van der Waals surface area contributed by atoms with E-state index in [1.54, 1.807) is 22.5 Å². The third kappa shape index (κ3) is 4.75. The standard InChI is InChI=1S/C16H26N2O4S.ClH/c1-4-21-15-9-8-14(11-16(15)22-5-2)23(19,20)18-10-6-7-13(12-18)17-3;/h8-9,11,13,17H,4-7,10,12H2,1-3H3;1H. The predicted octanol–water partition coefficient (Wildman–Crippen LogP) is 2.28. The molecule has 0 bridgehead atoms. The van der Waals surface area contributed by atoms with E-state index in [4.69, 9.17) is 9.47 Å². The number of sulfonamides is 1. The number of nitrogens with one attached hydrogen (secondary N) is 1. The Hall–Kier alpha value is -1.02. The lowest BCUT2D eigenvalue weighted by atomic mass is 10.1. The van der Waals surface area contributed by atoms with Gasteiger partial charge in [0, 0.05) is 25.2 Å². The number of piperidine rings is 1. The van der Waals surface area contributed by atoms with Crippen molar-refractivity contribution in [3.05, 3.63) is 18.2 Å². The van der Waals surface area contributed by atoms with Crippen LogP contribution >= 0.6 is 12.4 Å². The van der Waals surface area contributed by atoms with Crippen molar-refractivity contribution in [2.75, 3.05) is 33.4 Å². The molecule has 0 spiro atoms. The molecule has 24 heavy (non-hydrogen) atoms. The second kappa shape index (κ2) is 9.46. The van der Waals surface area contributed by atoms with Crippen molar-refractivity contribution in [1.82, 2.24) is 9.62 Å². The first-order valence-electron chi connectivity index (χ1n) is 8.10. The summed E-state index contributed by atoms with van der Waals surface area (Å²) in [4.78, 5) is 0.251. The number of nitrogens with zero attached hydrogens (tertiary/aromatic N) is 1. The van der Waals surface area contributed by atoms with Gasteiger partial charge in [-0.2, -0.15) is 4.31 Å². The van der Waals surface area contributed by atoms with E-state index in [2.05, 4.69) is 5.32 Å². The van der Waals surface area contributed by atoms with E-state index in [9.17, 15) is 8.42 Å². The molecule has 1 atom stereocenters. The highest BCUT2D eigenvalue weighted by Crippen LogP contribution is 2.32. The second-order valence-corrected chi connectivity index (χ2v) is 7.40. The predicted molar refractivity (Wildman–Crippen MR) is 96.9 cm³/mol. The van der Waals surface area contributed by atoms with Crippen molar-refractivity contribution in [2.24, 2.45) is 0 Å². The van der Waals surface area contributed by atoms with Crippen LogP contribution in [0.2, 0.25) is 0 Å². The third-order valence-electron chi connectivity index (χ3n) is 3.95. The van der Waals surface area contributed by atoms with Gasteiger partial charge in [0.1, 0.15) is 0 Å². The molecule has 0 amide bonds. The lowest BCUT2D eigenvalue weighted by Crippen LogP contribution is -2.46. The van der Waals surface area contributed by atoms with Gasteiger partial charge in [0.2, 0.25) is 10.0 Å². The van der Waals surface area contributed by atoms with Crippen LogP contribution in [0, 0.1) is 0 Å². The molecule has 1 aliphatic rings. The van der Waals surface area contributed by atoms with Crippen LogP contribution in [0.1, 0.15) is 26.7 Å². The van der Waals surface area contributed by atoms with E-state index in [1.165, 1.54) is 0 Å². The van der Waals surface area contributed by atoms with Crippen molar-refractivity contribution < 1.29 is 17.9 Å². The van der Waals surface area contributed by atoms with E-state index in [-0.39, 0.29) is 23.3 Å². The van der Waals surface area contributed by atoms with Crippen LogP contribution in [0.15, 0.2) is 23.1 Å². The summed E-state index contributed by atoms with van der Waals surface area (Å²) in [5, 5.41) is 3.16. The van der Waals surface area contributed by atoms with Crippen LogP contribution in [0.4, 0.5) is 0 Å². The molecule has 1 saturated heterocycles. The van der Waals surface area contributed by atoms with Gasteiger partial charge in [-0.25, -0.2) is 8.42 Å². The maximum absolute atomic E-state index is 12.9. The highest BCUT2D eigenvalue weighted by atomic mass is 35.5. The summed E-state index contributed by atoms with van der Waals surface area (Å²) >= 11 is 0. The molecule has 0 aliphatic carbocycles. The van der Waals surface area contributed by atoms with Gasteiger partial charge in [0.05, 0.1) is 18.1 Å².